The lowest BCUT2D eigenvalue weighted by Gasteiger charge is -2.12. The molecule has 10 nitrogen and oxygen atoms in total. The highest BCUT2D eigenvalue weighted by Crippen LogP contribution is 2.28. The molecule has 1 aliphatic carbocycles. The number of imide groups is 1. The van der Waals surface area contributed by atoms with Crippen molar-refractivity contribution in [2.75, 3.05) is 10.6 Å². The molecule has 4 aromatic heterocycles. The van der Waals surface area contributed by atoms with E-state index in [9.17, 15) is 9.59 Å². The largest absolute Gasteiger partial charge is 0.367 e. The van der Waals surface area contributed by atoms with Gasteiger partial charge in [-0.1, -0.05) is 6.07 Å². The van der Waals surface area contributed by atoms with E-state index < -0.39 is 0 Å². The maximum absolute atomic E-state index is 12.1. The van der Waals surface area contributed by atoms with Crippen molar-refractivity contribution in [3.8, 4) is 0 Å². The zero-order valence-electron chi connectivity index (χ0n) is 17.3. The Labute approximate surface area is 183 Å². The minimum absolute atomic E-state index is 0.204. The van der Waals surface area contributed by atoms with Crippen molar-refractivity contribution in [2.24, 2.45) is 5.92 Å². The van der Waals surface area contributed by atoms with Crippen molar-refractivity contribution in [3.63, 3.8) is 0 Å². The van der Waals surface area contributed by atoms with Crippen molar-refractivity contribution < 1.29 is 9.59 Å². The van der Waals surface area contributed by atoms with E-state index in [1.54, 1.807) is 10.7 Å². The van der Waals surface area contributed by atoms with Crippen LogP contribution in [0.5, 0.6) is 0 Å². The number of hydrogen-bond acceptors (Lipinski definition) is 7. The van der Waals surface area contributed by atoms with Gasteiger partial charge in [-0.15, -0.1) is 0 Å². The smallest absolute Gasteiger partial charge is 0.230 e. The topological polar surface area (TPSA) is 118 Å². The number of pyridine rings is 1. The summed E-state index contributed by atoms with van der Waals surface area (Å²) in [6, 6.07) is 8.29. The first kappa shape index (κ1) is 18.8. The van der Waals surface area contributed by atoms with Gasteiger partial charge < -0.3 is 15.0 Å². The molecule has 0 aromatic carbocycles. The molecular weight excluding hydrogens is 408 g/mol. The fourth-order valence-corrected chi connectivity index (χ4v) is 4.07. The summed E-state index contributed by atoms with van der Waals surface area (Å²) in [6.07, 6.45) is 8.59. The molecule has 32 heavy (non-hydrogen) atoms. The Morgan fingerprint density at radius 2 is 2.09 bits per heavy atom. The van der Waals surface area contributed by atoms with Crippen LogP contribution >= 0.6 is 0 Å². The van der Waals surface area contributed by atoms with Crippen LogP contribution in [0.15, 0.2) is 42.9 Å². The molecule has 4 aromatic rings. The van der Waals surface area contributed by atoms with Crippen LogP contribution in [0.2, 0.25) is 0 Å². The molecule has 162 valence electrons. The first-order valence-corrected chi connectivity index (χ1v) is 10.8. The molecule has 10 heteroatoms. The quantitative estimate of drug-likeness (QED) is 0.383. The molecule has 0 radical (unpaired) electrons. The van der Waals surface area contributed by atoms with E-state index >= 15 is 0 Å². The number of nitrogens with zero attached hydrogens (tertiary/aromatic N) is 5. The molecule has 6 rings (SSSR count). The van der Waals surface area contributed by atoms with Crippen LogP contribution in [-0.2, 0) is 22.6 Å². The normalized spacial score (nSPS) is 18.4. The minimum Gasteiger partial charge on any atom is -0.367 e. The van der Waals surface area contributed by atoms with Gasteiger partial charge in [-0.2, -0.15) is 9.61 Å². The Kier molecular flexibility index (Phi) is 4.30. The lowest BCUT2D eigenvalue weighted by Crippen LogP contribution is -2.22. The Bertz CT molecular complexity index is 1320. The summed E-state index contributed by atoms with van der Waals surface area (Å²) in [4.78, 5) is 33.0. The minimum atomic E-state index is -0.383. The third-order valence-corrected chi connectivity index (χ3v) is 5.87. The van der Waals surface area contributed by atoms with E-state index in [0.717, 1.165) is 35.6 Å². The van der Waals surface area contributed by atoms with E-state index in [1.807, 2.05) is 41.1 Å². The van der Waals surface area contributed by atoms with Gasteiger partial charge in [-0.25, -0.2) is 9.97 Å². The van der Waals surface area contributed by atoms with Crippen molar-refractivity contribution in [2.45, 2.75) is 38.3 Å². The molecule has 2 fully saturated rings. The highest BCUT2D eigenvalue weighted by atomic mass is 16.2. The molecule has 1 aliphatic heterocycles. The van der Waals surface area contributed by atoms with Crippen LogP contribution < -0.4 is 16.0 Å². The Morgan fingerprint density at radius 1 is 1.19 bits per heavy atom. The number of imidazole rings is 1. The number of carbonyl (C=O) groups excluding carboxylic acids is 2. The van der Waals surface area contributed by atoms with Crippen molar-refractivity contribution in [3.05, 3.63) is 54.1 Å². The average molecular weight is 430 g/mol. The first-order valence-electron chi connectivity index (χ1n) is 10.8. The number of anilines is 2. The second kappa shape index (κ2) is 7.33. The highest BCUT2D eigenvalue weighted by Gasteiger charge is 2.32. The van der Waals surface area contributed by atoms with Gasteiger partial charge in [0.15, 0.2) is 5.65 Å². The monoisotopic (exact) mass is 430 g/mol. The molecule has 3 N–H and O–H groups in total. The predicted octanol–water partition coefficient (Wildman–Crippen LogP) is 1.77. The van der Waals surface area contributed by atoms with Crippen LogP contribution in [0, 0.1) is 5.92 Å². The van der Waals surface area contributed by atoms with E-state index in [4.69, 9.17) is 4.98 Å². The van der Waals surface area contributed by atoms with Crippen LogP contribution in [0.1, 0.15) is 30.5 Å². The Morgan fingerprint density at radius 3 is 2.88 bits per heavy atom. The molecule has 1 saturated heterocycles. The Balaban J connectivity index is 1.30. The van der Waals surface area contributed by atoms with E-state index in [2.05, 4.69) is 26.0 Å². The summed E-state index contributed by atoms with van der Waals surface area (Å²) >= 11 is 0. The number of hydrogen-bond donors (Lipinski definition) is 3. The lowest BCUT2D eigenvalue weighted by atomic mass is 10.00. The Hall–Kier alpha value is -3.95. The van der Waals surface area contributed by atoms with E-state index in [-0.39, 0.29) is 24.2 Å². The fraction of sp³-hybridized carbons (Fsp3) is 0.318. The number of amides is 2. The van der Waals surface area contributed by atoms with Gasteiger partial charge in [0.1, 0.15) is 17.3 Å². The number of nitrogens with one attached hydrogen (secondary N) is 3. The van der Waals surface area contributed by atoms with E-state index in [1.165, 1.54) is 0 Å². The number of carbonyl (C=O) groups is 2. The number of aromatic nitrogens is 5. The van der Waals surface area contributed by atoms with Crippen LogP contribution in [0.3, 0.4) is 0 Å². The van der Waals surface area contributed by atoms with Gasteiger partial charge in [-0.3, -0.25) is 14.9 Å². The molecule has 1 atom stereocenters. The average Bonchev–Trinajstić information content (AvgIpc) is 3.21. The lowest BCUT2D eigenvalue weighted by molar-refractivity contribution is -0.125. The van der Waals surface area contributed by atoms with Crippen LogP contribution in [0.25, 0.3) is 11.3 Å². The van der Waals surface area contributed by atoms with Crippen LogP contribution in [-0.4, -0.2) is 41.8 Å². The summed E-state index contributed by atoms with van der Waals surface area (Å²) in [6.45, 7) is 0.525. The second-order valence-electron chi connectivity index (χ2n) is 8.42. The molecular formula is C22H22N8O2. The number of fused-ring (bicyclic) bond motifs is 2. The third-order valence-electron chi connectivity index (χ3n) is 5.87. The molecule has 2 aliphatic rings. The van der Waals surface area contributed by atoms with Gasteiger partial charge in [0.25, 0.3) is 0 Å². The van der Waals surface area contributed by atoms with Gasteiger partial charge in [0, 0.05) is 36.5 Å². The van der Waals surface area contributed by atoms with Gasteiger partial charge in [0.05, 0.1) is 24.4 Å². The zero-order chi connectivity index (χ0) is 21.7. The standard InChI is InChI=1S/C22H22N8O2/c31-20-8-13(22(32)28-20)7-14-10-24-30-19(25-15-4-5-15)9-17(27-21(14)30)23-11-16-12-29-6-2-1-3-18(29)26-16/h1-3,6,9-10,12-13,15,25H,4-5,7-8,11H2,(H,23,27)(H,28,31,32). The van der Waals surface area contributed by atoms with Gasteiger partial charge in [-0.05, 0) is 31.4 Å². The molecule has 0 spiro atoms. The highest BCUT2D eigenvalue weighted by molar-refractivity contribution is 6.03. The maximum Gasteiger partial charge on any atom is 0.230 e. The van der Waals surface area contributed by atoms with Gasteiger partial charge >= 0.3 is 0 Å². The van der Waals surface area contributed by atoms with Crippen LogP contribution in [0.4, 0.5) is 11.6 Å². The summed E-state index contributed by atoms with van der Waals surface area (Å²) in [5, 5.41) is 13.8. The fourth-order valence-electron chi connectivity index (χ4n) is 4.07. The summed E-state index contributed by atoms with van der Waals surface area (Å²) < 4.78 is 3.76. The van der Waals surface area contributed by atoms with Gasteiger partial charge in [0.2, 0.25) is 11.8 Å². The zero-order valence-corrected chi connectivity index (χ0v) is 17.3. The number of rotatable bonds is 7. The second-order valence-corrected chi connectivity index (χ2v) is 8.42. The molecule has 5 heterocycles. The molecule has 1 saturated carbocycles. The molecule has 1 unspecified atom stereocenters. The molecule has 2 amide bonds. The maximum atomic E-state index is 12.1. The molecule has 0 bridgehead atoms. The summed E-state index contributed by atoms with van der Waals surface area (Å²) in [7, 11) is 0. The predicted molar refractivity (Wildman–Crippen MR) is 117 cm³/mol. The van der Waals surface area contributed by atoms with Crippen molar-refractivity contribution in [1.29, 1.82) is 0 Å². The van der Waals surface area contributed by atoms with Crippen molar-refractivity contribution in [1.82, 2.24) is 29.3 Å². The first-order chi connectivity index (χ1) is 15.6. The third kappa shape index (κ3) is 3.53. The van der Waals surface area contributed by atoms with Crippen molar-refractivity contribution >= 4 is 34.7 Å². The SMILES string of the molecule is O=C1CC(Cc2cnn3c(NC4CC4)cc(NCc4cn5ccccc5n4)nc23)C(=O)N1. The van der Waals surface area contributed by atoms with E-state index in [0.29, 0.717) is 30.5 Å². The summed E-state index contributed by atoms with van der Waals surface area (Å²) in [5.41, 5.74) is 3.33. The summed E-state index contributed by atoms with van der Waals surface area (Å²) in [5.74, 6) is 0.716.